The Morgan fingerprint density at radius 2 is 1.74 bits per heavy atom. The SMILES string of the molecule is O=C(C=Cc1ccc(S(=O)(=O)N2CCN(Cc3ccc4c(c3)OCO4)CC2)cc1)NO. The second-order valence-electron chi connectivity index (χ2n) is 7.25. The zero-order valence-electron chi connectivity index (χ0n) is 16.7. The largest absolute Gasteiger partial charge is 0.454 e. The molecule has 0 aromatic heterocycles. The molecule has 1 saturated heterocycles. The first-order chi connectivity index (χ1) is 15.0. The van der Waals surface area contributed by atoms with Gasteiger partial charge in [-0.3, -0.25) is 14.9 Å². The molecule has 2 N–H and O–H groups in total. The quantitative estimate of drug-likeness (QED) is 0.393. The molecule has 0 saturated carbocycles. The Bertz CT molecular complexity index is 1080. The van der Waals surface area contributed by atoms with Crippen LogP contribution in [0.15, 0.2) is 53.4 Å². The molecule has 0 unspecified atom stereocenters. The standard InChI is InChI=1S/C21H23N3O6S/c25-21(22-26)8-4-16-1-5-18(6-2-16)31(27,28)24-11-9-23(10-12-24)14-17-3-7-19-20(13-17)30-15-29-19/h1-8,13,26H,9-12,14-15H2,(H,22,25). The Labute approximate surface area is 180 Å². The molecule has 1 amide bonds. The number of carbonyl (C=O) groups is 1. The number of hydrogen-bond acceptors (Lipinski definition) is 7. The van der Waals surface area contributed by atoms with Crippen LogP contribution in [0.2, 0.25) is 0 Å². The molecule has 2 heterocycles. The molecule has 0 spiro atoms. The highest BCUT2D eigenvalue weighted by Crippen LogP contribution is 2.33. The van der Waals surface area contributed by atoms with E-state index in [1.54, 1.807) is 12.1 Å². The van der Waals surface area contributed by atoms with Gasteiger partial charge in [-0.15, -0.1) is 0 Å². The molecule has 1 fully saturated rings. The van der Waals surface area contributed by atoms with E-state index in [0.717, 1.165) is 23.1 Å². The van der Waals surface area contributed by atoms with Gasteiger partial charge in [0.25, 0.3) is 5.91 Å². The van der Waals surface area contributed by atoms with Gasteiger partial charge in [0.05, 0.1) is 4.90 Å². The highest BCUT2D eigenvalue weighted by molar-refractivity contribution is 7.89. The lowest BCUT2D eigenvalue weighted by molar-refractivity contribution is -0.124. The first kappa shape index (κ1) is 21.3. The van der Waals surface area contributed by atoms with Crippen LogP contribution in [0.25, 0.3) is 6.08 Å². The lowest BCUT2D eigenvalue weighted by Crippen LogP contribution is -2.48. The molecule has 4 rings (SSSR count). The predicted octanol–water partition coefficient (Wildman–Crippen LogP) is 1.44. The second kappa shape index (κ2) is 9.06. The Morgan fingerprint density at radius 1 is 1.03 bits per heavy atom. The molecule has 0 radical (unpaired) electrons. The molecule has 2 aromatic rings. The highest BCUT2D eigenvalue weighted by atomic mass is 32.2. The van der Waals surface area contributed by atoms with Crippen LogP contribution in [0.1, 0.15) is 11.1 Å². The van der Waals surface area contributed by atoms with E-state index < -0.39 is 15.9 Å². The summed E-state index contributed by atoms with van der Waals surface area (Å²) in [5, 5.41) is 8.50. The van der Waals surface area contributed by atoms with Crippen molar-refractivity contribution in [3.8, 4) is 11.5 Å². The van der Waals surface area contributed by atoms with E-state index in [0.29, 0.717) is 38.3 Å². The third-order valence-corrected chi connectivity index (χ3v) is 7.14. The van der Waals surface area contributed by atoms with Gasteiger partial charge in [0.2, 0.25) is 16.8 Å². The van der Waals surface area contributed by atoms with Crippen molar-refractivity contribution < 1.29 is 27.9 Å². The molecule has 9 nitrogen and oxygen atoms in total. The number of nitrogens with one attached hydrogen (secondary N) is 1. The Morgan fingerprint density at radius 3 is 2.45 bits per heavy atom. The second-order valence-corrected chi connectivity index (χ2v) is 9.18. The summed E-state index contributed by atoms with van der Waals surface area (Å²) in [6.45, 7) is 3.03. The molecule has 164 valence electrons. The number of carbonyl (C=O) groups excluding carboxylic acids is 1. The molecule has 2 aromatic carbocycles. The Kier molecular flexibility index (Phi) is 6.23. The van der Waals surface area contributed by atoms with Gasteiger partial charge in [-0.2, -0.15) is 4.31 Å². The van der Waals surface area contributed by atoms with Gasteiger partial charge in [-0.05, 0) is 41.5 Å². The third kappa shape index (κ3) is 4.88. The van der Waals surface area contributed by atoms with Crippen molar-refractivity contribution in [2.24, 2.45) is 0 Å². The summed E-state index contributed by atoms with van der Waals surface area (Å²) in [7, 11) is -3.59. The average Bonchev–Trinajstić information content (AvgIpc) is 3.26. The Balaban J connectivity index is 1.35. The fraction of sp³-hybridized carbons (Fsp3) is 0.286. The first-order valence-electron chi connectivity index (χ1n) is 9.79. The van der Waals surface area contributed by atoms with Crippen LogP contribution in [0.5, 0.6) is 11.5 Å². The lowest BCUT2D eigenvalue weighted by Gasteiger charge is -2.34. The Hall–Kier alpha value is -2.92. The summed E-state index contributed by atoms with van der Waals surface area (Å²) in [6.07, 6.45) is 2.64. The summed E-state index contributed by atoms with van der Waals surface area (Å²) < 4.78 is 38.2. The number of hydrogen-bond donors (Lipinski definition) is 2. The summed E-state index contributed by atoms with van der Waals surface area (Å²) in [6, 6.07) is 12.1. The van der Waals surface area contributed by atoms with E-state index in [4.69, 9.17) is 14.7 Å². The molecule has 2 aliphatic heterocycles. The maximum atomic E-state index is 13.0. The van der Waals surface area contributed by atoms with E-state index in [9.17, 15) is 13.2 Å². The molecule has 0 aliphatic carbocycles. The minimum atomic E-state index is -3.59. The molecular formula is C21H23N3O6S. The van der Waals surface area contributed by atoms with Crippen molar-refractivity contribution in [2.45, 2.75) is 11.4 Å². The van der Waals surface area contributed by atoms with E-state index in [1.165, 1.54) is 28.0 Å². The van der Waals surface area contributed by atoms with E-state index in [2.05, 4.69) is 4.90 Å². The molecule has 10 heteroatoms. The number of benzene rings is 2. The zero-order valence-corrected chi connectivity index (χ0v) is 17.5. The monoisotopic (exact) mass is 445 g/mol. The van der Waals surface area contributed by atoms with Crippen molar-refractivity contribution >= 4 is 22.0 Å². The van der Waals surface area contributed by atoms with E-state index in [1.807, 2.05) is 18.2 Å². The topological polar surface area (TPSA) is 108 Å². The number of rotatable bonds is 6. The summed E-state index contributed by atoms with van der Waals surface area (Å²) >= 11 is 0. The van der Waals surface area contributed by atoms with Gasteiger partial charge in [0.1, 0.15) is 0 Å². The van der Waals surface area contributed by atoms with Crippen LogP contribution >= 0.6 is 0 Å². The van der Waals surface area contributed by atoms with Crippen molar-refractivity contribution in [1.29, 1.82) is 0 Å². The minimum Gasteiger partial charge on any atom is -0.454 e. The van der Waals surface area contributed by atoms with Gasteiger partial charge in [0, 0.05) is 38.8 Å². The van der Waals surface area contributed by atoms with Crippen molar-refractivity contribution in [3.05, 3.63) is 59.7 Å². The third-order valence-electron chi connectivity index (χ3n) is 5.23. The first-order valence-corrected chi connectivity index (χ1v) is 11.2. The molecule has 31 heavy (non-hydrogen) atoms. The van der Waals surface area contributed by atoms with Crippen LogP contribution in [-0.4, -0.2) is 61.7 Å². The maximum Gasteiger partial charge on any atom is 0.267 e. The molecular weight excluding hydrogens is 422 g/mol. The number of fused-ring (bicyclic) bond motifs is 1. The highest BCUT2D eigenvalue weighted by Gasteiger charge is 2.28. The zero-order chi connectivity index (χ0) is 21.8. The fourth-order valence-electron chi connectivity index (χ4n) is 3.53. The molecule has 2 aliphatic rings. The van der Waals surface area contributed by atoms with Crippen molar-refractivity contribution in [1.82, 2.24) is 14.7 Å². The number of piperazine rings is 1. The van der Waals surface area contributed by atoms with Gasteiger partial charge < -0.3 is 9.47 Å². The number of sulfonamides is 1. The average molecular weight is 445 g/mol. The van der Waals surface area contributed by atoms with Gasteiger partial charge >= 0.3 is 0 Å². The summed E-state index contributed by atoms with van der Waals surface area (Å²) in [4.78, 5) is 13.5. The van der Waals surface area contributed by atoms with Gasteiger partial charge in [0.15, 0.2) is 11.5 Å². The molecule has 0 bridgehead atoms. The van der Waals surface area contributed by atoms with E-state index >= 15 is 0 Å². The predicted molar refractivity (Wildman–Crippen MR) is 112 cm³/mol. The van der Waals surface area contributed by atoms with Gasteiger partial charge in [-0.1, -0.05) is 18.2 Å². The van der Waals surface area contributed by atoms with Crippen LogP contribution in [0.4, 0.5) is 0 Å². The van der Waals surface area contributed by atoms with Crippen LogP contribution in [0, 0.1) is 0 Å². The fourth-order valence-corrected chi connectivity index (χ4v) is 4.96. The smallest absolute Gasteiger partial charge is 0.267 e. The van der Waals surface area contributed by atoms with Crippen LogP contribution in [-0.2, 0) is 21.4 Å². The van der Waals surface area contributed by atoms with Crippen LogP contribution < -0.4 is 15.0 Å². The summed E-state index contributed by atoms with van der Waals surface area (Å²) in [5.74, 6) is 0.835. The molecule has 0 atom stereocenters. The number of hydroxylamine groups is 1. The maximum absolute atomic E-state index is 13.0. The number of ether oxygens (including phenoxy) is 2. The van der Waals surface area contributed by atoms with Gasteiger partial charge in [-0.25, -0.2) is 13.9 Å². The number of amides is 1. The van der Waals surface area contributed by atoms with E-state index in [-0.39, 0.29) is 11.7 Å². The lowest BCUT2D eigenvalue weighted by atomic mass is 10.2. The number of nitrogens with zero attached hydrogens (tertiary/aromatic N) is 2. The summed E-state index contributed by atoms with van der Waals surface area (Å²) in [5.41, 5.74) is 3.24. The van der Waals surface area contributed by atoms with Crippen LogP contribution in [0.3, 0.4) is 0 Å². The normalized spacial score (nSPS) is 17.2. The minimum absolute atomic E-state index is 0.209. The van der Waals surface area contributed by atoms with Crippen molar-refractivity contribution in [3.63, 3.8) is 0 Å². The van der Waals surface area contributed by atoms with Crippen molar-refractivity contribution in [2.75, 3.05) is 33.0 Å².